The van der Waals surface area contributed by atoms with Gasteiger partial charge in [-0.2, -0.15) is 5.10 Å². The molecule has 1 amide bonds. The molecule has 0 bridgehead atoms. The molecule has 0 aliphatic heterocycles. The second kappa shape index (κ2) is 8.89. The molecular weight excluding hydrogens is 454 g/mol. The fraction of sp³-hybridized carbons (Fsp3) is 0.0909. The van der Waals surface area contributed by atoms with Crippen LogP contribution in [0.3, 0.4) is 0 Å². The summed E-state index contributed by atoms with van der Waals surface area (Å²) in [5.74, 6) is 0.376. The highest BCUT2D eigenvalue weighted by molar-refractivity contribution is 7.91. The number of rotatable bonds is 7. The van der Waals surface area contributed by atoms with Gasteiger partial charge in [-0.1, -0.05) is 11.6 Å². The van der Waals surface area contributed by atoms with E-state index in [4.69, 9.17) is 20.8 Å². The molecule has 0 saturated carbocycles. The lowest BCUT2D eigenvalue weighted by Crippen LogP contribution is -2.12. The molecule has 0 spiro atoms. The zero-order valence-corrected chi connectivity index (χ0v) is 18.4. The van der Waals surface area contributed by atoms with Crippen LogP contribution < -0.4 is 10.1 Å². The van der Waals surface area contributed by atoms with E-state index in [-0.39, 0.29) is 27.0 Å². The smallest absolute Gasteiger partial charge is 0.291 e. The van der Waals surface area contributed by atoms with Crippen LogP contribution >= 0.6 is 11.6 Å². The summed E-state index contributed by atoms with van der Waals surface area (Å²) in [5.41, 5.74) is 0.243. The Balaban J connectivity index is 1.58. The number of furan rings is 1. The predicted molar refractivity (Wildman–Crippen MR) is 118 cm³/mol. The van der Waals surface area contributed by atoms with Crippen molar-refractivity contribution in [1.29, 1.82) is 0 Å². The normalized spacial score (nSPS) is 11.3. The fourth-order valence-electron chi connectivity index (χ4n) is 3.00. The molecule has 2 aromatic heterocycles. The Morgan fingerprint density at radius 3 is 2.59 bits per heavy atom. The van der Waals surface area contributed by atoms with Crippen LogP contribution in [0.25, 0.3) is 0 Å². The highest BCUT2D eigenvalue weighted by atomic mass is 35.5. The van der Waals surface area contributed by atoms with Gasteiger partial charge in [-0.05, 0) is 54.6 Å². The Kier molecular flexibility index (Phi) is 6.02. The number of sulfone groups is 1. The number of nitrogens with zero attached hydrogens (tertiary/aromatic N) is 2. The molecule has 1 N–H and O–H groups in total. The maximum Gasteiger partial charge on any atom is 0.291 e. The molecule has 8 nitrogen and oxygen atoms in total. The predicted octanol–water partition coefficient (Wildman–Crippen LogP) is 4.27. The molecule has 32 heavy (non-hydrogen) atoms. The molecule has 0 radical (unpaired) electrons. The number of carbonyl (C=O) groups excluding carboxylic acids is 1. The van der Waals surface area contributed by atoms with Crippen molar-refractivity contribution < 1.29 is 22.4 Å². The van der Waals surface area contributed by atoms with E-state index < -0.39 is 15.7 Å². The van der Waals surface area contributed by atoms with Crippen LogP contribution in [0, 0.1) is 0 Å². The Morgan fingerprint density at radius 2 is 1.91 bits per heavy atom. The topological polar surface area (TPSA) is 103 Å². The number of nitrogens with one attached hydrogen (secondary N) is 1. The first kappa shape index (κ1) is 21.7. The van der Waals surface area contributed by atoms with Crippen LogP contribution in [0.1, 0.15) is 16.3 Å². The summed E-state index contributed by atoms with van der Waals surface area (Å²) in [6.07, 6.45) is 3.43. The number of amides is 1. The Hall–Kier alpha value is -3.56. The van der Waals surface area contributed by atoms with E-state index in [1.54, 1.807) is 35.3 Å². The van der Waals surface area contributed by atoms with Crippen molar-refractivity contribution in [3.63, 3.8) is 0 Å². The minimum Gasteiger partial charge on any atom is -0.497 e. The molecule has 10 heteroatoms. The third-order valence-electron chi connectivity index (χ3n) is 4.57. The zero-order valence-electron chi connectivity index (χ0n) is 16.9. The van der Waals surface area contributed by atoms with Gasteiger partial charge >= 0.3 is 0 Å². The van der Waals surface area contributed by atoms with Gasteiger partial charge in [-0.15, -0.1) is 0 Å². The molecule has 0 aliphatic carbocycles. The first-order valence-electron chi connectivity index (χ1n) is 9.42. The summed E-state index contributed by atoms with van der Waals surface area (Å²) in [4.78, 5) is 12.7. The van der Waals surface area contributed by atoms with Gasteiger partial charge in [-0.3, -0.25) is 9.48 Å². The quantitative estimate of drug-likeness (QED) is 0.431. The molecule has 0 atom stereocenters. The number of hydrogen-bond donors (Lipinski definition) is 1. The van der Waals surface area contributed by atoms with Crippen molar-refractivity contribution in [3.05, 3.63) is 89.6 Å². The van der Waals surface area contributed by atoms with Crippen molar-refractivity contribution in [2.24, 2.45) is 0 Å². The average molecular weight is 472 g/mol. The number of ether oxygens (including phenoxy) is 1. The SMILES string of the molecule is COc1cc(NC(=O)c2ccc(Cn3cccn3)o2)cc(S(=O)(=O)c2ccc(Cl)cc2)c1. The van der Waals surface area contributed by atoms with E-state index in [1.165, 1.54) is 49.6 Å². The van der Waals surface area contributed by atoms with E-state index in [0.29, 0.717) is 17.3 Å². The molecule has 4 rings (SSSR count). The molecule has 2 aromatic carbocycles. The van der Waals surface area contributed by atoms with Gasteiger partial charge in [0.05, 0.1) is 23.4 Å². The molecule has 0 saturated heterocycles. The lowest BCUT2D eigenvalue weighted by molar-refractivity contribution is 0.0994. The summed E-state index contributed by atoms with van der Waals surface area (Å²) in [6, 6.07) is 15.1. The molecule has 0 fully saturated rings. The van der Waals surface area contributed by atoms with Crippen molar-refractivity contribution in [2.45, 2.75) is 16.3 Å². The van der Waals surface area contributed by atoms with Gasteiger partial charge in [0.1, 0.15) is 11.5 Å². The van der Waals surface area contributed by atoms with Crippen LogP contribution in [0.15, 0.2) is 87.3 Å². The second-order valence-corrected chi connectivity index (χ2v) is 9.16. The third kappa shape index (κ3) is 4.68. The summed E-state index contributed by atoms with van der Waals surface area (Å²) in [7, 11) is -2.45. The van der Waals surface area contributed by atoms with Gasteiger partial charge in [0.25, 0.3) is 5.91 Å². The minimum absolute atomic E-state index is 0.0340. The largest absolute Gasteiger partial charge is 0.497 e. The van der Waals surface area contributed by atoms with Crippen LogP contribution in [0.5, 0.6) is 5.75 Å². The second-order valence-electron chi connectivity index (χ2n) is 6.78. The van der Waals surface area contributed by atoms with E-state index in [1.807, 2.05) is 0 Å². The number of methoxy groups -OCH3 is 1. The van der Waals surface area contributed by atoms with Crippen LogP contribution in [0.2, 0.25) is 5.02 Å². The molecule has 2 heterocycles. The maximum atomic E-state index is 13.0. The fourth-order valence-corrected chi connectivity index (χ4v) is 4.44. The number of halogens is 1. The first-order valence-corrected chi connectivity index (χ1v) is 11.3. The van der Waals surface area contributed by atoms with Crippen LogP contribution in [-0.4, -0.2) is 31.2 Å². The molecule has 4 aromatic rings. The summed E-state index contributed by atoms with van der Waals surface area (Å²) in [6.45, 7) is 0.378. The highest BCUT2D eigenvalue weighted by Crippen LogP contribution is 2.29. The van der Waals surface area contributed by atoms with Crippen molar-refractivity contribution in [3.8, 4) is 5.75 Å². The Morgan fingerprint density at radius 1 is 1.12 bits per heavy atom. The average Bonchev–Trinajstić information content (AvgIpc) is 3.46. The Bertz CT molecular complexity index is 1350. The minimum atomic E-state index is -3.86. The monoisotopic (exact) mass is 471 g/mol. The summed E-state index contributed by atoms with van der Waals surface area (Å²) < 4.78 is 38.6. The van der Waals surface area contributed by atoms with Gasteiger partial charge in [-0.25, -0.2) is 8.42 Å². The van der Waals surface area contributed by atoms with E-state index in [2.05, 4.69) is 10.4 Å². The number of anilines is 1. The van der Waals surface area contributed by atoms with Gasteiger partial charge < -0.3 is 14.5 Å². The third-order valence-corrected chi connectivity index (χ3v) is 6.57. The number of carbonyl (C=O) groups is 1. The van der Waals surface area contributed by atoms with Crippen molar-refractivity contribution in [2.75, 3.05) is 12.4 Å². The first-order chi connectivity index (χ1) is 15.3. The van der Waals surface area contributed by atoms with Gasteiger partial charge in [0.15, 0.2) is 5.76 Å². The van der Waals surface area contributed by atoms with Gasteiger partial charge in [0.2, 0.25) is 9.84 Å². The highest BCUT2D eigenvalue weighted by Gasteiger charge is 2.21. The lowest BCUT2D eigenvalue weighted by atomic mass is 10.3. The van der Waals surface area contributed by atoms with E-state index in [0.717, 1.165) is 0 Å². The molecule has 164 valence electrons. The van der Waals surface area contributed by atoms with E-state index >= 15 is 0 Å². The van der Waals surface area contributed by atoms with Crippen molar-refractivity contribution >= 4 is 33.0 Å². The number of hydrogen-bond acceptors (Lipinski definition) is 6. The molecule has 0 unspecified atom stereocenters. The van der Waals surface area contributed by atoms with Gasteiger partial charge in [0, 0.05) is 29.2 Å². The zero-order chi connectivity index (χ0) is 22.7. The van der Waals surface area contributed by atoms with E-state index in [9.17, 15) is 13.2 Å². The summed E-state index contributed by atoms with van der Waals surface area (Å²) >= 11 is 5.86. The number of benzene rings is 2. The lowest BCUT2D eigenvalue weighted by Gasteiger charge is -2.11. The Labute approximate surface area is 189 Å². The van der Waals surface area contributed by atoms with Crippen LogP contribution in [-0.2, 0) is 16.4 Å². The van der Waals surface area contributed by atoms with Crippen LogP contribution in [0.4, 0.5) is 5.69 Å². The molecular formula is C22H18ClN3O5S. The number of aromatic nitrogens is 2. The maximum absolute atomic E-state index is 13.0. The molecule has 0 aliphatic rings. The van der Waals surface area contributed by atoms with Crippen molar-refractivity contribution in [1.82, 2.24) is 9.78 Å². The summed E-state index contributed by atoms with van der Waals surface area (Å²) in [5, 5.41) is 7.17. The standard InChI is InChI=1S/C22H18ClN3O5S/c1-30-18-11-16(12-20(13-18)32(28,29)19-6-3-15(23)4-7-19)25-22(27)21-8-5-17(31-21)14-26-10-2-9-24-26/h2-13H,14H2,1H3,(H,25,27).